The van der Waals surface area contributed by atoms with Gasteiger partial charge in [0.05, 0.1) is 12.1 Å². The smallest absolute Gasteiger partial charge is 0.239 e. The largest absolute Gasteiger partial charge is 0.383 e. The Morgan fingerprint density at radius 3 is 2.74 bits per heavy atom. The summed E-state index contributed by atoms with van der Waals surface area (Å²) in [5.74, 6) is -0.0812. The molecule has 0 aliphatic rings. The molecule has 2 rings (SSSR count). The molecule has 6 nitrogen and oxygen atoms in total. The SMILES string of the molecule is COCCNCCNC(=O)Cn1ccc(=O)c2ccccc21.Cl. The van der Waals surface area contributed by atoms with Crippen LogP contribution >= 0.6 is 12.4 Å². The molecule has 1 aromatic carbocycles. The van der Waals surface area contributed by atoms with E-state index < -0.39 is 0 Å². The van der Waals surface area contributed by atoms with E-state index in [4.69, 9.17) is 4.74 Å². The standard InChI is InChI=1S/C16H21N3O3.ClH/c1-22-11-9-17-7-8-18-16(21)12-19-10-6-15(20)13-4-2-3-5-14(13)19;/h2-6,10,17H,7-9,11-12H2,1H3,(H,18,21);1H. The number of hydrogen-bond acceptors (Lipinski definition) is 4. The molecule has 0 fully saturated rings. The lowest BCUT2D eigenvalue weighted by Crippen LogP contribution is -2.35. The van der Waals surface area contributed by atoms with E-state index in [-0.39, 0.29) is 30.3 Å². The number of methoxy groups -OCH3 is 1. The van der Waals surface area contributed by atoms with Gasteiger partial charge in [0.25, 0.3) is 0 Å². The van der Waals surface area contributed by atoms with Gasteiger partial charge in [0, 0.05) is 44.4 Å². The summed E-state index contributed by atoms with van der Waals surface area (Å²) in [6, 6.07) is 8.78. The van der Waals surface area contributed by atoms with Crippen molar-refractivity contribution in [3.63, 3.8) is 0 Å². The highest BCUT2D eigenvalue weighted by Crippen LogP contribution is 2.08. The summed E-state index contributed by atoms with van der Waals surface area (Å²) in [7, 11) is 1.65. The number of nitrogens with one attached hydrogen (secondary N) is 2. The second-order valence-electron chi connectivity index (χ2n) is 4.92. The van der Waals surface area contributed by atoms with Crippen LogP contribution in [0.2, 0.25) is 0 Å². The van der Waals surface area contributed by atoms with Crippen molar-refractivity contribution in [2.75, 3.05) is 33.4 Å². The minimum atomic E-state index is -0.0812. The summed E-state index contributed by atoms with van der Waals surface area (Å²) in [4.78, 5) is 23.7. The number of fused-ring (bicyclic) bond motifs is 1. The van der Waals surface area contributed by atoms with Gasteiger partial charge >= 0.3 is 0 Å². The minimum absolute atomic E-state index is 0. The fraction of sp³-hybridized carbons (Fsp3) is 0.375. The van der Waals surface area contributed by atoms with Crippen LogP contribution in [-0.2, 0) is 16.1 Å². The van der Waals surface area contributed by atoms with E-state index in [1.807, 2.05) is 18.2 Å². The first kappa shape index (κ1) is 19.2. The monoisotopic (exact) mass is 339 g/mol. The molecule has 0 saturated heterocycles. The van der Waals surface area contributed by atoms with Crippen molar-refractivity contribution in [3.8, 4) is 0 Å². The Morgan fingerprint density at radius 1 is 1.17 bits per heavy atom. The summed E-state index contributed by atoms with van der Waals surface area (Å²) >= 11 is 0. The molecule has 0 aliphatic carbocycles. The zero-order chi connectivity index (χ0) is 15.8. The van der Waals surface area contributed by atoms with E-state index in [0.717, 1.165) is 12.1 Å². The van der Waals surface area contributed by atoms with Gasteiger partial charge in [-0.2, -0.15) is 0 Å². The predicted molar refractivity (Wildman–Crippen MR) is 93.2 cm³/mol. The van der Waals surface area contributed by atoms with Crippen molar-refractivity contribution in [2.45, 2.75) is 6.54 Å². The van der Waals surface area contributed by atoms with Crippen molar-refractivity contribution in [2.24, 2.45) is 0 Å². The van der Waals surface area contributed by atoms with Crippen LogP contribution in [0.3, 0.4) is 0 Å². The maximum absolute atomic E-state index is 12.0. The van der Waals surface area contributed by atoms with E-state index in [1.165, 1.54) is 6.07 Å². The van der Waals surface area contributed by atoms with Gasteiger partial charge in [0.1, 0.15) is 6.54 Å². The molecule has 1 amide bonds. The molecule has 2 N–H and O–H groups in total. The van der Waals surface area contributed by atoms with Crippen LogP contribution in [0.4, 0.5) is 0 Å². The van der Waals surface area contributed by atoms with Gasteiger partial charge in [-0.25, -0.2) is 0 Å². The van der Waals surface area contributed by atoms with Gasteiger partial charge in [-0.1, -0.05) is 12.1 Å². The first-order valence-electron chi connectivity index (χ1n) is 7.27. The van der Waals surface area contributed by atoms with Crippen molar-refractivity contribution in [1.29, 1.82) is 0 Å². The van der Waals surface area contributed by atoms with Gasteiger partial charge in [-0.15, -0.1) is 12.4 Å². The molecule has 1 heterocycles. The van der Waals surface area contributed by atoms with Crippen LogP contribution in [0.15, 0.2) is 41.3 Å². The van der Waals surface area contributed by atoms with Crippen LogP contribution < -0.4 is 16.1 Å². The zero-order valence-corrected chi connectivity index (χ0v) is 13.9. The Kier molecular flexibility index (Phi) is 8.32. The van der Waals surface area contributed by atoms with Gasteiger partial charge in [-0.3, -0.25) is 9.59 Å². The third-order valence-corrected chi connectivity index (χ3v) is 3.31. The van der Waals surface area contributed by atoms with Crippen LogP contribution in [0.1, 0.15) is 0 Å². The topological polar surface area (TPSA) is 72.4 Å². The quantitative estimate of drug-likeness (QED) is 0.697. The molecule has 7 heteroatoms. The maximum Gasteiger partial charge on any atom is 0.239 e. The lowest BCUT2D eigenvalue weighted by atomic mass is 10.2. The average molecular weight is 340 g/mol. The van der Waals surface area contributed by atoms with E-state index in [2.05, 4.69) is 10.6 Å². The van der Waals surface area contributed by atoms with Crippen LogP contribution in [0.25, 0.3) is 10.9 Å². The Morgan fingerprint density at radius 2 is 1.96 bits per heavy atom. The molecular weight excluding hydrogens is 318 g/mol. The first-order valence-corrected chi connectivity index (χ1v) is 7.27. The number of para-hydroxylation sites is 1. The second-order valence-corrected chi connectivity index (χ2v) is 4.92. The van der Waals surface area contributed by atoms with Gasteiger partial charge in [0.15, 0.2) is 5.43 Å². The van der Waals surface area contributed by atoms with Crippen molar-refractivity contribution in [3.05, 3.63) is 46.8 Å². The van der Waals surface area contributed by atoms with Crippen LogP contribution in [0.5, 0.6) is 0 Å². The molecular formula is C16H22ClN3O3. The molecule has 0 aliphatic heterocycles. The Labute approximate surface area is 141 Å². The van der Waals surface area contributed by atoms with Gasteiger partial charge < -0.3 is 19.9 Å². The third-order valence-electron chi connectivity index (χ3n) is 3.31. The summed E-state index contributed by atoms with van der Waals surface area (Å²) in [6.45, 7) is 2.85. The lowest BCUT2D eigenvalue weighted by molar-refractivity contribution is -0.121. The number of ether oxygens (including phenoxy) is 1. The molecule has 0 unspecified atom stereocenters. The number of carbonyl (C=O) groups excluding carboxylic acids is 1. The summed E-state index contributed by atoms with van der Waals surface area (Å²) in [6.07, 6.45) is 1.65. The summed E-state index contributed by atoms with van der Waals surface area (Å²) in [5.41, 5.74) is 0.734. The molecule has 0 bridgehead atoms. The summed E-state index contributed by atoms with van der Waals surface area (Å²) < 4.78 is 6.70. The predicted octanol–water partition coefficient (Wildman–Crippen LogP) is 0.776. The second kappa shape index (κ2) is 9.99. The Hall–Kier alpha value is -1.89. The number of amides is 1. The molecule has 126 valence electrons. The zero-order valence-electron chi connectivity index (χ0n) is 13.1. The number of benzene rings is 1. The number of rotatable bonds is 8. The molecule has 23 heavy (non-hydrogen) atoms. The van der Waals surface area contributed by atoms with Gasteiger partial charge in [-0.05, 0) is 12.1 Å². The summed E-state index contributed by atoms with van der Waals surface area (Å²) in [5, 5.41) is 6.63. The number of halogens is 1. The number of pyridine rings is 1. The van der Waals surface area contributed by atoms with Crippen LogP contribution in [-0.4, -0.2) is 43.8 Å². The Bertz CT molecular complexity index is 688. The Balaban J connectivity index is 0.00000264. The average Bonchev–Trinajstić information content (AvgIpc) is 2.54. The van der Waals surface area contributed by atoms with Crippen molar-refractivity contribution in [1.82, 2.24) is 15.2 Å². The highest BCUT2D eigenvalue weighted by Gasteiger charge is 2.06. The molecule has 0 saturated carbocycles. The van der Waals surface area contributed by atoms with Crippen molar-refractivity contribution >= 4 is 29.2 Å². The van der Waals surface area contributed by atoms with E-state index in [9.17, 15) is 9.59 Å². The number of nitrogens with zero attached hydrogens (tertiary/aromatic N) is 1. The van der Waals surface area contributed by atoms with E-state index in [0.29, 0.717) is 25.1 Å². The number of aromatic nitrogens is 1. The fourth-order valence-electron chi connectivity index (χ4n) is 2.20. The first-order chi connectivity index (χ1) is 10.7. The minimum Gasteiger partial charge on any atom is -0.383 e. The van der Waals surface area contributed by atoms with E-state index in [1.54, 1.807) is 23.9 Å². The molecule has 0 radical (unpaired) electrons. The normalized spacial score (nSPS) is 10.3. The molecule has 2 aromatic rings. The third kappa shape index (κ3) is 5.67. The molecule has 0 atom stereocenters. The van der Waals surface area contributed by atoms with Crippen molar-refractivity contribution < 1.29 is 9.53 Å². The molecule has 0 spiro atoms. The van der Waals surface area contributed by atoms with Crippen LogP contribution in [0, 0.1) is 0 Å². The maximum atomic E-state index is 12.0. The fourth-order valence-corrected chi connectivity index (χ4v) is 2.20. The highest BCUT2D eigenvalue weighted by atomic mass is 35.5. The van der Waals surface area contributed by atoms with Gasteiger partial charge in [0.2, 0.25) is 5.91 Å². The highest BCUT2D eigenvalue weighted by molar-refractivity contribution is 5.85. The number of carbonyl (C=O) groups is 1. The molecule has 1 aromatic heterocycles. The lowest BCUT2D eigenvalue weighted by Gasteiger charge is -2.11. The number of hydrogen-bond donors (Lipinski definition) is 2. The van der Waals surface area contributed by atoms with E-state index >= 15 is 0 Å².